The Bertz CT molecular complexity index is 485. The molecule has 1 aromatic carbocycles. The third-order valence-corrected chi connectivity index (χ3v) is 4.39. The Morgan fingerprint density at radius 1 is 1.16 bits per heavy atom. The Morgan fingerprint density at radius 2 is 1.88 bits per heavy atom. The zero-order chi connectivity index (χ0) is 17.7. The van der Waals surface area contributed by atoms with Crippen LogP contribution in [0.1, 0.15) is 39.0 Å². The van der Waals surface area contributed by atoms with Gasteiger partial charge in [0.05, 0.1) is 0 Å². The molecule has 2 rings (SSSR count). The van der Waals surface area contributed by atoms with E-state index in [9.17, 15) is 0 Å². The Morgan fingerprint density at radius 3 is 2.56 bits per heavy atom. The second-order valence-corrected chi connectivity index (χ2v) is 6.41. The van der Waals surface area contributed by atoms with Gasteiger partial charge >= 0.3 is 0 Å². The van der Waals surface area contributed by atoms with Crippen molar-refractivity contribution in [2.75, 3.05) is 39.9 Å². The molecule has 5 heteroatoms. The van der Waals surface area contributed by atoms with Gasteiger partial charge in [-0.05, 0) is 25.0 Å². The van der Waals surface area contributed by atoms with E-state index in [1.165, 1.54) is 6.42 Å². The fourth-order valence-corrected chi connectivity index (χ4v) is 2.93. The number of likely N-dealkylation sites (tertiary alicyclic amines) is 1. The van der Waals surface area contributed by atoms with Gasteiger partial charge in [-0.3, -0.25) is 4.99 Å². The minimum absolute atomic E-state index is 0.295. The maximum absolute atomic E-state index is 6.06. The van der Waals surface area contributed by atoms with Crippen molar-refractivity contribution in [3.8, 4) is 5.75 Å². The van der Waals surface area contributed by atoms with E-state index in [-0.39, 0.29) is 0 Å². The van der Waals surface area contributed by atoms with Crippen molar-refractivity contribution >= 4 is 5.96 Å². The number of nitrogens with one attached hydrogen (secondary N) is 1. The summed E-state index contributed by atoms with van der Waals surface area (Å²) in [5, 5.41) is 3.45. The molecule has 0 aliphatic carbocycles. The largest absolute Gasteiger partial charge is 0.490 e. The molecule has 1 aromatic rings. The average molecular weight is 348 g/mol. The maximum atomic E-state index is 6.06. The number of piperidine rings is 1. The molecular formula is C20H33N3O2. The molecule has 1 fully saturated rings. The SMILES string of the molecule is CCCCOCCCNC(=NC)N1CCC(Oc2ccccc2)CC1. The monoisotopic (exact) mass is 347 g/mol. The summed E-state index contributed by atoms with van der Waals surface area (Å²) >= 11 is 0. The maximum Gasteiger partial charge on any atom is 0.193 e. The van der Waals surface area contributed by atoms with Crippen LogP contribution in [0.5, 0.6) is 5.75 Å². The van der Waals surface area contributed by atoms with E-state index in [1.807, 2.05) is 37.4 Å². The van der Waals surface area contributed by atoms with E-state index in [0.717, 1.165) is 70.2 Å². The van der Waals surface area contributed by atoms with Crippen LogP contribution in [0.2, 0.25) is 0 Å². The Hall–Kier alpha value is -1.75. The van der Waals surface area contributed by atoms with E-state index in [1.54, 1.807) is 0 Å². The van der Waals surface area contributed by atoms with Crippen LogP contribution < -0.4 is 10.1 Å². The highest BCUT2D eigenvalue weighted by atomic mass is 16.5. The third kappa shape index (κ3) is 7.34. The smallest absolute Gasteiger partial charge is 0.193 e. The van der Waals surface area contributed by atoms with Gasteiger partial charge in [0.1, 0.15) is 11.9 Å². The van der Waals surface area contributed by atoms with Crippen LogP contribution in [0, 0.1) is 0 Å². The van der Waals surface area contributed by atoms with Gasteiger partial charge in [0.15, 0.2) is 5.96 Å². The first-order chi connectivity index (χ1) is 12.3. The summed E-state index contributed by atoms with van der Waals surface area (Å²) in [6.07, 6.45) is 5.69. The second-order valence-electron chi connectivity index (χ2n) is 6.41. The van der Waals surface area contributed by atoms with Gasteiger partial charge in [-0.15, -0.1) is 0 Å². The van der Waals surface area contributed by atoms with Crippen LogP contribution in [0.25, 0.3) is 0 Å². The molecule has 140 valence electrons. The molecule has 0 amide bonds. The molecule has 1 heterocycles. The lowest BCUT2D eigenvalue weighted by atomic mass is 10.1. The van der Waals surface area contributed by atoms with Crippen molar-refractivity contribution in [2.45, 2.75) is 45.1 Å². The molecule has 25 heavy (non-hydrogen) atoms. The highest BCUT2D eigenvalue weighted by Gasteiger charge is 2.22. The summed E-state index contributed by atoms with van der Waals surface area (Å²) in [5.41, 5.74) is 0. The highest BCUT2D eigenvalue weighted by molar-refractivity contribution is 5.79. The van der Waals surface area contributed by atoms with E-state index in [4.69, 9.17) is 9.47 Å². The molecule has 0 atom stereocenters. The van der Waals surface area contributed by atoms with E-state index < -0.39 is 0 Å². The molecule has 1 N–H and O–H groups in total. The fourth-order valence-electron chi connectivity index (χ4n) is 2.93. The van der Waals surface area contributed by atoms with Crippen LogP contribution in [-0.4, -0.2) is 56.9 Å². The first-order valence-corrected chi connectivity index (χ1v) is 9.58. The van der Waals surface area contributed by atoms with Crippen molar-refractivity contribution in [1.29, 1.82) is 0 Å². The van der Waals surface area contributed by atoms with Gasteiger partial charge in [0.2, 0.25) is 0 Å². The van der Waals surface area contributed by atoms with Crippen molar-refractivity contribution in [3.63, 3.8) is 0 Å². The Kier molecular flexibility index (Phi) is 9.19. The zero-order valence-corrected chi connectivity index (χ0v) is 15.7. The average Bonchev–Trinajstić information content (AvgIpc) is 2.66. The number of hydrogen-bond donors (Lipinski definition) is 1. The molecule has 1 saturated heterocycles. The van der Waals surface area contributed by atoms with Crippen LogP contribution in [-0.2, 0) is 4.74 Å². The number of hydrogen-bond acceptors (Lipinski definition) is 3. The normalized spacial score (nSPS) is 16.1. The molecule has 0 unspecified atom stereocenters. The fraction of sp³-hybridized carbons (Fsp3) is 0.650. The van der Waals surface area contributed by atoms with Crippen molar-refractivity contribution in [2.24, 2.45) is 4.99 Å². The van der Waals surface area contributed by atoms with Crippen LogP contribution in [0.4, 0.5) is 0 Å². The number of guanidine groups is 1. The van der Waals surface area contributed by atoms with Gasteiger partial charge in [-0.2, -0.15) is 0 Å². The van der Waals surface area contributed by atoms with Gasteiger partial charge in [0.25, 0.3) is 0 Å². The molecule has 0 aromatic heterocycles. The summed E-state index contributed by atoms with van der Waals surface area (Å²) in [7, 11) is 1.85. The van der Waals surface area contributed by atoms with E-state index in [0.29, 0.717) is 6.10 Å². The van der Waals surface area contributed by atoms with E-state index in [2.05, 4.69) is 22.1 Å². The molecule has 1 aliphatic rings. The van der Waals surface area contributed by atoms with Gasteiger partial charge < -0.3 is 19.7 Å². The summed E-state index contributed by atoms with van der Waals surface area (Å²) in [6.45, 7) is 6.73. The standard InChI is InChI=1S/C20H33N3O2/c1-3-4-16-24-17-8-13-22-20(21-2)23-14-11-19(12-15-23)25-18-9-6-5-7-10-18/h5-7,9-10,19H,3-4,8,11-17H2,1-2H3,(H,21,22). The zero-order valence-electron chi connectivity index (χ0n) is 15.7. The number of para-hydroxylation sites is 1. The number of unbranched alkanes of at least 4 members (excludes halogenated alkanes) is 1. The number of benzene rings is 1. The third-order valence-electron chi connectivity index (χ3n) is 4.39. The quantitative estimate of drug-likeness (QED) is 0.423. The lowest BCUT2D eigenvalue weighted by molar-refractivity contribution is 0.126. The number of ether oxygens (including phenoxy) is 2. The highest BCUT2D eigenvalue weighted by Crippen LogP contribution is 2.18. The van der Waals surface area contributed by atoms with Crippen LogP contribution in [0.15, 0.2) is 35.3 Å². The van der Waals surface area contributed by atoms with Crippen molar-refractivity contribution < 1.29 is 9.47 Å². The molecule has 0 saturated carbocycles. The van der Waals surface area contributed by atoms with Gasteiger partial charge in [-0.1, -0.05) is 31.5 Å². The summed E-state index contributed by atoms with van der Waals surface area (Å²) < 4.78 is 11.7. The molecular weight excluding hydrogens is 314 g/mol. The number of rotatable bonds is 9. The molecule has 0 bridgehead atoms. The second kappa shape index (κ2) is 11.7. The Balaban J connectivity index is 1.62. The molecule has 0 spiro atoms. The number of nitrogens with zero attached hydrogens (tertiary/aromatic N) is 2. The first kappa shape index (κ1) is 19.6. The van der Waals surface area contributed by atoms with Crippen LogP contribution >= 0.6 is 0 Å². The predicted molar refractivity (Wildman–Crippen MR) is 103 cm³/mol. The number of aliphatic imine (C=N–C) groups is 1. The minimum Gasteiger partial charge on any atom is -0.490 e. The van der Waals surface area contributed by atoms with Gasteiger partial charge in [-0.25, -0.2) is 0 Å². The Labute approximate surface area is 152 Å². The lowest BCUT2D eigenvalue weighted by Gasteiger charge is -2.34. The van der Waals surface area contributed by atoms with Crippen molar-refractivity contribution in [3.05, 3.63) is 30.3 Å². The van der Waals surface area contributed by atoms with Gasteiger partial charge in [0, 0.05) is 52.7 Å². The molecule has 1 aliphatic heterocycles. The summed E-state index contributed by atoms with van der Waals surface area (Å²) in [6, 6.07) is 10.1. The first-order valence-electron chi connectivity index (χ1n) is 9.58. The lowest BCUT2D eigenvalue weighted by Crippen LogP contribution is -2.47. The molecule has 0 radical (unpaired) electrons. The molecule has 5 nitrogen and oxygen atoms in total. The summed E-state index contributed by atoms with van der Waals surface area (Å²) in [4.78, 5) is 6.74. The predicted octanol–water partition coefficient (Wildman–Crippen LogP) is 3.31. The van der Waals surface area contributed by atoms with Crippen LogP contribution in [0.3, 0.4) is 0 Å². The van der Waals surface area contributed by atoms with Crippen molar-refractivity contribution in [1.82, 2.24) is 10.2 Å². The summed E-state index contributed by atoms with van der Waals surface area (Å²) in [5.74, 6) is 1.96. The topological polar surface area (TPSA) is 46.1 Å². The minimum atomic E-state index is 0.295. The van der Waals surface area contributed by atoms with E-state index >= 15 is 0 Å².